The van der Waals surface area contributed by atoms with E-state index in [1.54, 1.807) is 12.3 Å². The standard InChI is InChI=1S/C20H16N8O2/c1-2-11-4-3-5-14(8-11)22-18-25-16-12(9-15-17(29)26-20(30)24-15)10-21-28(16)19(27-18)23-13-6-7-13/h1,3-5,8-10,13,29H,6-7H2,(H,22,23,27)(H2,24,26,30)/b12-9+. The van der Waals surface area contributed by atoms with E-state index in [9.17, 15) is 9.90 Å². The first-order chi connectivity index (χ1) is 14.6. The predicted octanol–water partition coefficient (Wildman–Crippen LogP) is 0.182. The van der Waals surface area contributed by atoms with Crippen LogP contribution in [0.1, 0.15) is 24.1 Å². The highest BCUT2D eigenvalue weighted by atomic mass is 16.3. The molecule has 0 amide bonds. The Labute approximate surface area is 169 Å². The summed E-state index contributed by atoms with van der Waals surface area (Å²) in [6.07, 6.45) is 10.6. The lowest BCUT2D eigenvalue weighted by molar-refractivity contribution is 0.454. The van der Waals surface area contributed by atoms with Crippen molar-refractivity contribution in [3.8, 4) is 18.2 Å². The average Bonchev–Trinajstić information content (AvgIpc) is 3.37. The third-order valence-corrected chi connectivity index (χ3v) is 4.54. The molecule has 0 spiro atoms. The Hall–Kier alpha value is -4.39. The molecule has 5 rings (SSSR count). The minimum Gasteiger partial charge on any atom is -0.493 e. The number of nitrogens with one attached hydrogen (secondary N) is 3. The van der Waals surface area contributed by atoms with Gasteiger partial charge in [0.1, 0.15) is 5.69 Å². The SMILES string of the molecule is C#Cc1cccc(Nc2nc(=NC3CC3)n3nc/c(=C\c4[nH]c(=O)[nH]c4O)c3n2)c1. The van der Waals surface area contributed by atoms with Gasteiger partial charge >= 0.3 is 5.69 Å². The number of aromatic nitrogens is 6. The summed E-state index contributed by atoms with van der Waals surface area (Å²) in [7, 11) is 0. The summed E-state index contributed by atoms with van der Waals surface area (Å²) in [6, 6.07) is 7.57. The van der Waals surface area contributed by atoms with Crippen LogP contribution in [0, 0.1) is 12.3 Å². The first kappa shape index (κ1) is 17.7. The van der Waals surface area contributed by atoms with Crippen LogP contribution in [0.15, 0.2) is 40.2 Å². The molecule has 1 aromatic carbocycles. The molecule has 10 heteroatoms. The van der Waals surface area contributed by atoms with Gasteiger partial charge in [0.25, 0.3) is 5.62 Å². The minimum atomic E-state index is -0.509. The van der Waals surface area contributed by atoms with Gasteiger partial charge in [-0.2, -0.15) is 19.6 Å². The Morgan fingerprint density at radius 2 is 2.20 bits per heavy atom. The number of H-pyrrole nitrogens is 2. The second kappa shape index (κ2) is 6.89. The Balaban J connectivity index is 1.67. The summed E-state index contributed by atoms with van der Waals surface area (Å²) in [5.74, 6) is 2.66. The van der Waals surface area contributed by atoms with Gasteiger partial charge in [-0.15, -0.1) is 6.42 Å². The van der Waals surface area contributed by atoms with Crippen LogP contribution in [-0.4, -0.2) is 40.7 Å². The monoisotopic (exact) mass is 400 g/mol. The molecule has 3 heterocycles. The molecule has 10 nitrogen and oxygen atoms in total. The number of nitrogens with zero attached hydrogens (tertiary/aromatic N) is 5. The van der Waals surface area contributed by atoms with E-state index >= 15 is 0 Å². The molecule has 0 bridgehead atoms. The molecule has 0 unspecified atom stereocenters. The van der Waals surface area contributed by atoms with E-state index < -0.39 is 5.69 Å². The van der Waals surface area contributed by atoms with Gasteiger partial charge in [0, 0.05) is 16.5 Å². The first-order valence-corrected chi connectivity index (χ1v) is 9.25. The van der Waals surface area contributed by atoms with Crippen molar-refractivity contribution >= 4 is 23.4 Å². The number of aromatic hydroxyl groups is 1. The predicted molar refractivity (Wildman–Crippen MR) is 109 cm³/mol. The van der Waals surface area contributed by atoms with Crippen LogP contribution in [0.25, 0.3) is 11.7 Å². The molecule has 0 saturated heterocycles. The number of terminal acetylenes is 1. The lowest BCUT2D eigenvalue weighted by Gasteiger charge is -2.05. The lowest BCUT2D eigenvalue weighted by Crippen LogP contribution is -2.24. The van der Waals surface area contributed by atoms with Crippen LogP contribution in [-0.2, 0) is 0 Å². The quantitative estimate of drug-likeness (QED) is 0.361. The summed E-state index contributed by atoms with van der Waals surface area (Å²) in [5, 5.41) is 17.9. The van der Waals surface area contributed by atoms with E-state index in [-0.39, 0.29) is 17.6 Å². The van der Waals surface area contributed by atoms with E-state index in [1.807, 2.05) is 24.3 Å². The zero-order chi connectivity index (χ0) is 20.7. The Kier molecular flexibility index (Phi) is 4.07. The van der Waals surface area contributed by atoms with Crippen molar-refractivity contribution in [2.45, 2.75) is 18.9 Å². The van der Waals surface area contributed by atoms with Gasteiger partial charge in [0.05, 0.1) is 12.2 Å². The largest absolute Gasteiger partial charge is 0.493 e. The second-order valence-electron chi connectivity index (χ2n) is 6.88. The van der Waals surface area contributed by atoms with Crippen LogP contribution >= 0.6 is 0 Å². The first-order valence-electron chi connectivity index (χ1n) is 9.25. The molecular formula is C20H16N8O2. The number of imidazole rings is 1. The van der Waals surface area contributed by atoms with Crippen molar-refractivity contribution in [1.82, 2.24) is 29.5 Å². The smallest absolute Gasteiger partial charge is 0.326 e. The fourth-order valence-electron chi connectivity index (χ4n) is 2.95. The van der Waals surface area contributed by atoms with Crippen molar-refractivity contribution in [3.05, 3.63) is 63.0 Å². The molecule has 148 valence electrons. The van der Waals surface area contributed by atoms with E-state index in [0.29, 0.717) is 22.4 Å². The van der Waals surface area contributed by atoms with Gasteiger partial charge in [-0.05, 0) is 37.1 Å². The zero-order valence-corrected chi connectivity index (χ0v) is 15.6. The van der Waals surface area contributed by atoms with E-state index in [1.165, 1.54) is 4.52 Å². The minimum absolute atomic E-state index is 0.224. The topological polar surface area (TPSA) is 136 Å². The highest BCUT2D eigenvalue weighted by Crippen LogP contribution is 2.22. The summed E-state index contributed by atoms with van der Waals surface area (Å²) in [6.45, 7) is 0. The molecule has 0 aliphatic heterocycles. The molecule has 1 fully saturated rings. The maximum Gasteiger partial charge on any atom is 0.326 e. The second-order valence-corrected chi connectivity index (χ2v) is 6.88. The third kappa shape index (κ3) is 3.40. The highest BCUT2D eigenvalue weighted by Gasteiger charge is 2.21. The van der Waals surface area contributed by atoms with E-state index in [4.69, 9.17) is 6.42 Å². The molecule has 3 aromatic heterocycles. The van der Waals surface area contributed by atoms with Gasteiger partial charge in [-0.25, -0.2) is 9.79 Å². The summed E-state index contributed by atoms with van der Waals surface area (Å²) in [4.78, 5) is 29.9. The number of anilines is 2. The molecule has 4 N–H and O–H groups in total. The Morgan fingerprint density at radius 3 is 2.93 bits per heavy atom. The number of hydrogen-bond acceptors (Lipinski definition) is 7. The number of aromatic amines is 2. The van der Waals surface area contributed by atoms with Gasteiger partial charge in [0.15, 0.2) is 5.65 Å². The zero-order valence-electron chi connectivity index (χ0n) is 15.6. The molecule has 1 aliphatic rings. The Morgan fingerprint density at radius 1 is 1.33 bits per heavy atom. The molecule has 0 radical (unpaired) electrons. The van der Waals surface area contributed by atoms with E-state index in [2.05, 4.69) is 41.3 Å². The summed E-state index contributed by atoms with van der Waals surface area (Å²) < 4.78 is 1.54. The van der Waals surface area contributed by atoms with Crippen molar-refractivity contribution in [1.29, 1.82) is 0 Å². The van der Waals surface area contributed by atoms with Gasteiger partial charge in [-0.1, -0.05) is 12.0 Å². The fourth-order valence-corrected chi connectivity index (χ4v) is 2.95. The van der Waals surface area contributed by atoms with Crippen molar-refractivity contribution in [3.63, 3.8) is 0 Å². The van der Waals surface area contributed by atoms with Crippen LogP contribution in [0.3, 0.4) is 0 Å². The summed E-state index contributed by atoms with van der Waals surface area (Å²) in [5.41, 5.74) is 2.08. The number of rotatable bonds is 4. The molecular weight excluding hydrogens is 384 g/mol. The van der Waals surface area contributed by atoms with Crippen molar-refractivity contribution in [2.75, 3.05) is 5.32 Å². The molecule has 4 aromatic rings. The molecule has 0 atom stereocenters. The number of fused-ring (bicyclic) bond motifs is 1. The average molecular weight is 400 g/mol. The van der Waals surface area contributed by atoms with Gasteiger partial charge in [-0.3, -0.25) is 4.98 Å². The molecule has 1 aliphatic carbocycles. The van der Waals surface area contributed by atoms with Gasteiger partial charge in [0.2, 0.25) is 11.8 Å². The van der Waals surface area contributed by atoms with Crippen LogP contribution in [0.2, 0.25) is 0 Å². The van der Waals surface area contributed by atoms with Crippen molar-refractivity contribution in [2.24, 2.45) is 4.99 Å². The van der Waals surface area contributed by atoms with Crippen molar-refractivity contribution < 1.29 is 5.11 Å². The summed E-state index contributed by atoms with van der Waals surface area (Å²) >= 11 is 0. The van der Waals surface area contributed by atoms with E-state index in [0.717, 1.165) is 24.1 Å². The maximum absolute atomic E-state index is 11.4. The van der Waals surface area contributed by atoms with Gasteiger partial charge < -0.3 is 15.4 Å². The fraction of sp³-hybridized carbons (Fsp3) is 0.150. The normalized spacial score (nSPS) is 14.9. The Bertz CT molecular complexity index is 1480. The lowest BCUT2D eigenvalue weighted by atomic mass is 10.2. The third-order valence-electron chi connectivity index (χ3n) is 4.54. The van der Waals surface area contributed by atoms with Crippen LogP contribution in [0.4, 0.5) is 11.6 Å². The number of hydrogen-bond donors (Lipinski definition) is 4. The van der Waals surface area contributed by atoms with Crippen LogP contribution < -0.4 is 21.8 Å². The molecule has 1 saturated carbocycles. The van der Waals surface area contributed by atoms with Crippen LogP contribution in [0.5, 0.6) is 5.88 Å². The maximum atomic E-state index is 11.4. The number of benzene rings is 1. The highest BCUT2D eigenvalue weighted by molar-refractivity contribution is 5.60. The molecule has 30 heavy (non-hydrogen) atoms.